The van der Waals surface area contributed by atoms with E-state index in [0.29, 0.717) is 23.7 Å². The predicted molar refractivity (Wildman–Crippen MR) is 100 cm³/mol. The van der Waals surface area contributed by atoms with Crippen LogP contribution in [0.3, 0.4) is 0 Å². The molecule has 0 radical (unpaired) electrons. The fourth-order valence-corrected chi connectivity index (χ4v) is 7.37. The number of para-hydroxylation sites is 1. The van der Waals surface area contributed by atoms with Crippen LogP contribution in [-0.2, 0) is 9.67 Å². The highest BCUT2D eigenvalue weighted by Gasteiger charge is 2.69. The molecule has 2 aliphatic carbocycles. The number of rotatable bonds is 1. The smallest absolute Gasteiger partial charge is 0.232 e. The summed E-state index contributed by atoms with van der Waals surface area (Å²) in [6.45, 7) is 2.12. The molecule has 0 aromatic heterocycles. The molecule has 6 rings (SSSR count). The van der Waals surface area contributed by atoms with Crippen molar-refractivity contribution in [3.63, 3.8) is 0 Å². The van der Waals surface area contributed by atoms with Gasteiger partial charge in [-0.05, 0) is 42.9 Å². The first-order chi connectivity index (χ1) is 12.2. The fraction of sp³-hybridized carbons (Fsp3) is 0.318. The number of aryl methyl sites for hydroxylation is 1. The number of benzene rings is 2. The number of hydrogen-bond acceptors (Lipinski definition) is 2. The molecule has 25 heavy (non-hydrogen) atoms. The summed E-state index contributed by atoms with van der Waals surface area (Å²) in [4.78, 5) is 16.7. The van der Waals surface area contributed by atoms with Crippen molar-refractivity contribution in [1.82, 2.24) is 0 Å². The third-order valence-corrected chi connectivity index (χ3v) is 8.15. The Morgan fingerprint density at radius 3 is 2.64 bits per heavy atom. The third-order valence-electron chi connectivity index (χ3n) is 6.59. The van der Waals surface area contributed by atoms with Crippen molar-refractivity contribution in [3.8, 4) is 0 Å². The van der Waals surface area contributed by atoms with Gasteiger partial charge in [0.1, 0.15) is 4.87 Å². The van der Waals surface area contributed by atoms with Crippen molar-refractivity contribution in [2.24, 2.45) is 23.7 Å². The highest BCUT2D eigenvalue weighted by Crippen LogP contribution is 2.71. The minimum Gasteiger partial charge on any atom is -0.291 e. The van der Waals surface area contributed by atoms with E-state index in [1.54, 1.807) is 0 Å². The van der Waals surface area contributed by atoms with Crippen LogP contribution >= 0.6 is 11.8 Å². The molecule has 124 valence electrons. The Bertz CT molecular complexity index is 933. The first-order valence-corrected chi connectivity index (χ1v) is 9.89. The van der Waals surface area contributed by atoms with Crippen LogP contribution in [0.5, 0.6) is 0 Å². The molecule has 2 nitrogen and oxygen atoms in total. The summed E-state index contributed by atoms with van der Waals surface area (Å²) in [5, 5.41) is 0. The first kappa shape index (κ1) is 14.2. The van der Waals surface area contributed by atoms with Crippen molar-refractivity contribution >= 4 is 23.4 Å². The van der Waals surface area contributed by atoms with Gasteiger partial charge in [-0.25, -0.2) is 0 Å². The maximum absolute atomic E-state index is 13.5. The number of thioether (sulfide) groups is 1. The molecule has 0 spiro atoms. The normalized spacial score (nSPS) is 36.7. The Kier molecular flexibility index (Phi) is 2.60. The summed E-state index contributed by atoms with van der Waals surface area (Å²) in [5.41, 5.74) is 3.65. The van der Waals surface area contributed by atoms with E-state index in [4.69, 9.17) is 0 Å². The molecule has 2 aromatic carbocycles. The Morgan fingerprint density at radius 2 is 1.80 bits per heavy atom. The van der Waals surface area contributed by atoms with Crippen LogP contribution in [0.25, 0.3) is 0 Å². The van der Waals surface area contributed by atoms with Crippen LogP contribution in [-0.4, -0.2) is 5.91 Å². The summed E-state index contributed by atoms with van der Waals surface area (Å²) in [5.74, 6) is 1.81. The monoisotopic (exact) mass is 345 g/mol. The second-order valence-corrected chi connectivity index (χ2v) is 9.07. The summed E-state index contributed by atoms with van der Waals surface area (Å²) in [6, 6.07) is 17.3. The maximum atomic E-state index is 13.5. The summed E-state index contributed by atoms with van der Waals surface area (Å²) in [7, 11) is 0. The van der Waals surface area contributed by atoms with E-state index in [0.717, 1.165) is 12.1 Å². The summed E-state index contributed by atoms with van der Waals surface area (Å²) < 4.78 is 0. The van der Waals surface area contributed by atoms with Gasteiger partial charge in [0.05, 0.1) is 11.6 Å². The zero-order valence-electron chi connectivity index (χ0n) is 14.1. The number of anilines is 1. The van der Waals surface area contributed by atoms with E-state index >= 15 is 0 Å². The highest BCUT2D eigenvalue weighted by molar-refractivity contribution is 8.01. The van der Waals surface area contributed by atoms with Crippen LogP contribution in [0, 0.1) is 30.6 Å². The minimum atomic E-state index is -0.274. The largest absolute Gasteiger partial charge is 0.291 e. The molecule has 3 heteroatoms. The fourth-order valence-electron chi connectivity index (χ4n) is 5.63. The Labute approximate surface area is 151 Å². The molecule has 2 aromatic rings. The number of carbonyl (C=O) groups is 1. The van der Waals surface area contributed by atoms with Crippen molar-refractivity contribution in [1.29, 1.82) is 0 Å². The molecule has 0 N–H and O–H groups in total. The topological polar surface area (TPSA) is 20.3 Å². The number of carbonyl (C=O) groups excluding carboxylic acids is 1. The van der Waals surface area contributed by atoms with Crippen LogP contribution < -0.4 is 4.90 Å². The molecular weight excluding hydrogens is 326 g/mol. The van der Waals surface area contributed by atoms with Crippen molar-refractivity contribution in [2.45, 2.75) is 23.1 Å². The Balaban J connectivity index is 1.63. The standard InChI is InChI=1S/C22H19NOS/c1-13-6-10-16(11-7-13)22-20-15-9-8-14(12-15)19(20)21(24)23(22)17-4-2-3-5-18(17)25-22/h2-11,14-15,19-20H,12H2,1H3/t14-,15+,19-,20+,22-/m0/s1. The predicted octanol–water partition coefficient (Wildman–Crippen LogP) is 4.74. The van der Waals surface area contributed by atoms with Crippen LogP contribution in [0.1, 0.15) is 17.5 Å². The summed E-state index contributed by atoms with van der Waals surface area (Å²) >= 11 is 1.90. The average molecular weight is 345 g/mol. The lowest BCUT2D eigenvalue weighted by atomic mass is 9.79. The lowest BCUT2D eigenvalue weighted by Gasteiger charge is -2.38. The van der Waals surface area contributed by atoms with Gasteiger partial charge in [0, 0.05) is 10.8 Å². The molecule has 2 bridgehead atoms. The average Bonchev–Trinajstić information content (AvgIpc) is 3.35. The van der Waals surface area contributed by atoms with E-state index in [9.17, 15) is 4.79 Å². The van der Waals surface area contributed by atoms with E-state index in [1.807, 2.05) is 11.8 Å². The molecule has 4 aliphatic rings. The second kappa shape index (κ2) is 4.59. The van der Waals surface area contributed by atoms with Gasteiger partial charge in [-0.15, -0.1) is 0 Å². The van der Waals surface area contributed by atoms with Gasteiger partial charge in [0.2, 0.25) is 5.91 Å². The third kappa shape index (κ3) is 1.56. The molecule has 1 saturated carbocycles. The molecule has 1 amide bonds. The van der Waals surface area contributed by atoms with Gasteiger partial charge < -0.3 is 0 Å². The number of fused-ring (bicyclic) bond motifs is 9. The van der Waals surface area contributed by atoms with E-state index in [-0.39, 0.29) is 10.8 Å². The van der Waals surface area contributed by atoms with Gasteiger partial charge in [-0.1, -0.05) is 65.9 Å². The zero-order valence-corrected chi connectivity index (χ0v) is 14.9. The van der Waals surface area contributed by atoms with Gasteiger partial charge in [-0.2, -0.15) is 0 Å². The number of amides is 1. The van der Waals surface area contributed by atoms with Crippen molar-refractivity contribution in [2.75, 3.05) is 4.90 Å². The van der Waals surface area contributed by atoms with E-state index < -0.39 is 0 Å². The first-order valence-electron chi connectivity index (χ1n) is 9.08. The van der Waals surface area contributed by atoms with Crippen LogP contribution in [0.2, 0.25) is 0 Å². The second-order valence-electron chi connectivity index (χ2n) is 7.81. The molecule has 2 aliphatic heterocycles. The lowest BCUT2D eigenvalue weighted by molar-refractivity contribution is -0.121. The van der Waals surface area contributed by atoms with E-state index in [2.05, 4.69) is 72.5 Å². The Hall–Kier alpha value is -2.00. The maximum Gasteiger partial charge on any atom is 0.232 e. The van der Waals surface area contributed by atoms with Crippen molar-refractivity contribution < 1.29 is 4.79 Å². The molecule has 5 atom stereocenters. The number of nitrogens with zero attached hydrogens (tertiary/aromatic N) is 1. The molecule has 1 saturated heterocycles. The molecule has 2 fully saturated rings. The van der Waals surface area contributed by atoms with Crippen LogP contribution in [0.4, 0.5) is 5.69 Å². The van der Waals surface area contributed by atoms with Gasteiger partial charge >= 0.3 is 0 Å². The minimum absolute atomic E-state index is 0.150. The SMILES string of the molecule is Cc1ccc([C@@]23Sc4ccccc4N2C(=O)[C@@H]2[C@H]3[C@@H]3C=C[C@H]2C3)cc1. The number of hydrogen-bond donors (Lipinski definition) is 0. The lowest BCUT2D eigenvalue weighted by Crippen LogP contribution is -2.42. The molecular formula is C22H19NOS. The Morgan fingerprint density at radius 1 is 1.04 bits per heavy atom. The quantitative estimate of drug-likeness (QED) is 0.696. The molecule has 0 unspecified atom stereocenters. The van der Waals surface area contributed by atoms with E-state index in [1.165, 1.54) is 16.0 Å². The van der Waals surface area contributed by atoms with Crippen molar-refractivity contribution in [3.05, 3.63) is 71.8 Å². The van der Waals surface area contributed by atoms with Crippen LogP contribution in [0.15, 0.2) is 65.6 Å². The summed E-state index contributed by atoms with van der Waals surface area (Å²) in [6.07, 6.45) is 5.83. The number of allylic oxidation sites excluding steroid dienone is 2. The van der Waals surface area contributed by atoms with Gasteiger partial charge in [0.25, 0.3) is 0 Å². The highest BCUT2D eigenvalue weighted by atomic mass is 32.2. The van der Waals surface area contributed by atoms with Gasteiger partial charge in [-0.3, -0.25) is 9.69 Å². The zero-order chi connectivity index (χ0) is 16.8. The molecule has 2 heterocycles. The van der Waals surface area contributed by atoms with Gasteiger partial charge in [0.15, 0.2) is 0 Å².